The molecule has 0 atom stereocenters. The van der Waals surface area contributed by atoms with Crippen LogP contribution in [0.2, 0.25) is 0 Å². The van der Waals surface area contributed by atoms with Crippen LogP contribution in [0, 0.1) is 0 Å². The summed E-state index contributed by atoms with van der Waals surface area (Å²) in [5.74, 6) is 0.259. The van der Waals surface area contributed by atoms with Crippen molar-refractivity contribution in [3.8, 4) is 0 Å². The van der Waals surface area contributed by atoms with Crippen molar-refractivity contribution in [2.24, 2.45) is 4.40 Å². The van der Waals surface area contributed by atoms with E-state index in [9.17, 15) is 13.2 Å². The molecule has 1 rings (SSSR count). The Bertz CT molecular complexity index is 359. The molecule has 0 aliphatic carbocycles. The first kappa shape index (κ1) is 9.97. The van der Waals surface area contributed by atoms with Crippen LogP contribution in [0.1, 0.15) is 0 Å². The van der Waals surface area contributed by atoms with Crippen LogP contribution in [0.25, 0.3) is 0 Å². The normalized spacial score (nSPS) is 21.8. The number of amides is 2. The Morgan fingerprint density at radius 2 is 1.92 bits per heavy atom. The summed E-state index contributed by atoms with van der Waals surface area (Å²) in [5, 5.41) is 0. The molecule has 0 spiro atoms. The minimum Gasteiger partial charge on any atom is -0.320 e. The van der Waals surface area contributed by atoms with E-state index < -0.39 is 10.0 Å². The highest BCUT2D eigenvalue weighted by Crippen LogP contribution is 2.07. The highest BCUT2D eigenvalue weighted by Gasteiger charge is 2.29. The molecule has 1 saturated heterocycles. The van der Waals surface area contributed by atoms with Crippen molar-refractivity contribution in [3.05, 3.63) is 0 Å². The van der Waals surface area contributed by atoms with Gasteiger partial charge >= 0.3 is 6.03 Å². The lowest BCUT2D eigenvalue weighted by Gasteiger charge is -2.07. The SMILES string of the molecule is CN1C/C(=N\S(C)(=O)=O)N(C)C1=O. The Morgan fingerprint density at radius 1 is 1.38 bits per heavy atom. The molecule has 6 nitrogen and oxygen atoms in total. The number of carbonyl (C=O) groups excluding carboxylic acids is 1. The van der Waals surface area contributed by atoms with Gasteiger partial charge in [0.2, 0.25) is 0 Å². The molecule has 2 amide bonds. The average molecular weight is 205 g/mol. The molecular formula is C6H11N3O3S. The van der Waals surface area contributed by atoms with Crippen LogP contribution >= 0.6 is 0 Å². The zero-order valence-electron chi connectivity index (χ0n) is 7.68. The van der Waals surface area contributed by atoms with Crippen molar-refractivity contribution < 1.29 is 13.2 Å². The molecule has 0 aromatic carbocycles. The number of likely N-dealkylation sites (N-methyl/N-ethyl adjacent to an activating group) is 2. The van der Waals surface area contributed by atoms with Gasteiger partial charge in [0.05, 0.1) is 12.8 Å². The summed E-state index contributed by atoms with van der Waals surface area (Å²) < 4.78 is 25.0. The topological polar surface area (TPSA) is 70.1 Å². The van der Waals surface area contributed by atoms with Gasteiger partial charge in [-0.3, -0.25) is 4.90 Å². The van der Waals surface area contributed by atoms with Crippen molar-refractivity contribution >= 4 is 21.9 Å². The Kier molecular flexibility index (Phi) is 2.29. The number of amidine groups is 1. The molecule has 0 radical (unpaired) electrons. The summed E-state index contributed by atoms with van der Waals surface area (Å²) >= 11 is 0. The smallest absolute Gasteiger partial charge is 0.320 e. The van der Waals surface area contributed by atoms with E-state index in [0.717, 1.165) is 6.26 Å². The van der Waals surface area contributed by atoms with Gasteiger partial charge in [-0.1, -0.05) is 0 Å². The summed E-state index contributed by atoms with van der Waals surface area (Å²) in [6, 6.07) is -0.248. The van der Waals surface area contributed by atoms with Gasteiger partial charge in [0, 0.05) is 14.1 Å². The largest absolute Gasteiger partial charge is 0.325 e. The van der Waals surface area contributed by atoms with Crippen LogP contribution in [0.5, 0.6) is 0 Å². The van der Waals surface area contributed by atoms with E-state index in [1.807, 2.05) is 0 Å². The maximum atomic E-state index is 11.2. The summed E-state index contributed by atoms with van der Waals surface area (Å²) in [7, 11) is -0.337. The lowest BCUT2D eigenvalue weighted by atomic mass is 10.6. The molecule has 0 N–H and O–H groups in total. The second-order valence-corrected chi connectivity index (χ2v) is 4.59. The van der Waals surface area contributed by atoms with Gasteiger partial charge in [0.25, 0.3) is 10.0 Å². The van der Waals surface area contributed by atoms with Gasteiger partial charge in [-0.25, -0.2) is 13.2 Å². The number of urea groups is 1. The van der Waals surface area contributed by atoms with E-state index in [2.05, 4.69) is 4.40 Å². The first-order valence-corrected chi connectivity index (χ1v) is 5.44. The van der Waals surface area contributed by atoms with Crippen LogP contribution in [-0.2, 0) is 10.0 Å². The molecule has 0 saturated carbocycles. The third-order valence-corrected chi connectivity index (χ3v) is 2.19. The molecule has 0 aromatic heterocycles. The van der Waals surface area contributed by atoms with Crippen molar-refractivity contribution in [1.29, 1.82) is 0 Å². The van der Waals surface area contributed by atoms with Crippen LogP contribution < -0.4 is 0 Å². The molecule has 0 bridgehead atoms. The number of carbonyl (C=O) groups is 1. The van der Waals surface area contributed by atoms with Crippen LogP contribution in [0.3, 0.4) is 0 Å². The van der Waals surface area contributed by atoms with Crippen molar-refractivity contribution in [2.75, 3.05) is 26.9 Å². The first-order chi connectivity index (χ1) is 5.81. The van der Waals surface area contributed by atoms with Crippen molar-refractivity contribution in [1.82, 2.24) is 9.80 Å². The second kappa shape index (κ2) is 2.99. The Morgan fingerprint density at radius 3 is 2.23 bits per heavy atom. The Balaban J connectivity index is 2.99. The number of rotatable bonds is 1. The van der Waals surface area contributed by atoms with E-state index >= 15 is 0 Å². The van der Waals surface area contributed by atoms with E-state index in [1.165, 1.54) is 16.8 Å². The Labute approximate surface area is 76.9 Å². The van der Waals surface area contributed by atoms with Crippen LogP contribution in [0.4, 0.5) is 4.79 Å². The number of hydrogen-bond donors (Lipinski definition) is 0. The molecule has 0 unspecified atom stereocenters. The first-order valence-electron chi connectivity index (χ1n) is 3.59. The zero-order valence-corrected chi connectivity index (χ0v) is 8.50. The van der Waals surface area contributed by atoms with Gasteiger partial charge in [-0.05, 0) is 0 Å². The zero-order chi connectivity index (χ0) is 10.2. The summed E-state index contributed by atoms with van der Waals surface area (Å²) in [5.41, 5.74) is 0. The molecule has 0 aromatic rings. The van der Waals surface area contributed by atoms with Gasteiger partial charge < -0.3 is 4.90 Å². The highest BCUT2D eigenvalue weighted by atomic mass is 32.2. The summed E-state index contributed by atoms with van der Waals surface area (Å²) in [4.78, 5) is 13.8. The number of hydrogen-bond acceptors (Lipinski definition) is 3. The van der Waals surface area contributed by atoms with Crippen LogP contribution in [-0.4, -0.2) is 57.0 Å². The predicted octanol–water partition coefficient (Wildman–Crippen LogP) is -0.658. The fourth-order valence-electron chi connectivity index (χ4n) is 1.03. The third kappa shape index (κ3) is 2.18. The van der Waals surface area contributed by atoms with Crippen LogP contribution in [0.15, 0.2) is 4.40 Å². The molecule has 74 valence electrons. The standard InChI is InChI=1S/C6H11N3O3S/c1-8-4-5(7-13(3,11)12)9(2)6(8)10/h4H2,1-3H3/b7-5+. The fourth-order valence-corrected chi connectivity index (χ4v) is 1.60. The summed E-state index contributed by atoms with van der Waals surface area (Å²) in [6.45, 7) is 0.238. The number of nitrogens with zero attached hydrogens (tertiary/aromatic N) is 3. The van der Waals surface area contributed by atoms with Crippen molar-refractivity contribution in [2.45, 2.75) is 0 Å². The van der Waals surface area contributed by atoms with E-state index in [1.54, 1.807) is 7.05 Å². The minimum atomic E-state index is -3.42. The summed E-state index contributed by atoms with van der Waals surface area (Å²) in [6.07, 6.45) is 0.997. The molecule has 13 heavy (non-hydrogen) atoms. The van der Waals surface area contributed by atoms with E-state index in [4.69, 9.17) is 0 Å². The van der Waals surface area contributed by atoms with Gasteiger partial charge in [0.1, 0.15) is 5.84 Å². The highest BCUT2D eigenvalue weighted by molar-refractivity contribution is 7.89. The molecule has 1 aliphatic rings. The maximum Gasteiger partial charge on any atom is 0.325 e. The monoisotopic (exact) mass is 205 g/mol. The van der Waals surface area contributed by atoms with Gasteiger partial charge in [-0.2, -0.15) is 0 Å². The third-order valence-electron chi connectivity index (χ3n) is 1.65. The molecule has 1 fully saturated rings. The van der Waals surface area contributed by atoms with Crippen molar-refractivity contribution in [3.63, 3.8) is 0 Å². The number of sulfonamides is 1. The van der Waals surface area contributed by atoms with E-state index in [0.29, 0.717) is 0 Å². The molecule has 1 heterocycles. The molecule has 1 aliphatic heterocycles. The minimum absolute atomic E-state index is 0.238. The molecule has 7 heteroatoms. The van der Waals surface area contributed by atoms with Gasteiger partial charge in [-0.15, -0.1) is 4.40 Å². The fraction of sp³-hybridized carbons (Fsp3) is 0.667. The predicted molar refractivity (Wildman–Crippen MR) is 48.1 cm³/mol. The lowest BCUT2D eigenvalue weighted by molar-refractivity contribution is 0.209. The van der Waals surface area contributed by atoms with E-state index in [-0.39, 0.29) is 18.4 Å². The maximum absolute atomic E-state index is 11.2. The lowest BCUT2D eigenvalue weighted by Crippen LogP contribution is -2.27. The molecular weight excluding hydrogens is 194 g/mol. The Hall–Kier alpha value is -1.11. The average Bonchev–Trinajstić information content (AvgIpc) is 2.15. The second-order valence-electron chi connectivity index (χ2n) is 2.94. The van der Waals surface area contributed by atoms with Gasteiger partial charge in [0.15, 0.2) is 0 Å². The quantitative estimate of drug-likeness (QED) is 0.570.